The first-order valence-electron chi connectivity index (χ1n) is 8.81. The van der Waals surface area contributed by atoms with Gasteiger partial charge in [-0.05, 0) is 23.8 Å². The van der Waals surface area contributed by atoms with Crippen molar-refractivity contribution in [2.75, 3.05) is 19.0 Å². The van der Waals surface area contributed by atoms with Crippen LogP contribution >= 0.6 is 11.6 Å². The van der Waals surface area contributed by atoms with Crippen LogP contribution in [0.5, 0.6) is 0 Å². The largest absolute Gasteiger partial charge is 0.333 e. The maximum atomic E-state index is 13.3. The molecule has 29 heavy (non-hydrogen) atoms. The quantitative estimate of drug-likeness (QED) is 0.564. The number of imide groups is 2. The summed E-state index contributed by atoms with van der Waals surface area (Å²) in [5.41, 5.74) is 1.63. The highest BCUT2D eigenvalue weighted by atomic mass is 35.5. The fraction of sp³-hybridized carbons (Fsp3) is 0.143. The Kier molecular flexibility index (Phi) is 4.47. The van der Waals surface area contributed by atoms with Crippen molar-refractivity contribution in [2.45, 2.75) is 6.54 Å². The molecule has 0 aromatic heterocycles. The second-order valence-corrected chi connectivity index (χ2v) is 7.23. The number of hydrogen-bond acceptors (Lipinski definition) is 4. The van der Waals surface area contributed by atoms with Gasteiger partial charge >= 0.3 is 6.03 Å². The minimum atomic E-state index is -0.787. The van der Waals surface area contributed by atoms with E-state index < -0.39 is 23.8 Å². The molecule has 0 spiro atoms. The Morgan fingerprint density at radius 2 is 1.34 bits per heavy atom. The summed E-state index contributed by atoms with van der Waals surface area (Å²) in [4.78, 5) is 54.1. The summed E-state index contributed by atoms with van der Waals surface area (Å²) in [5, 5.41) is 0.582. The lowest BCUT2D eigenvalue weighted by Crippen LogP contribution is -2.53. The van der Waals surface area contributed by atoms with Gasteiger partial charge in [0, 0.05) is 24.7 Å². The molecule has 8 heteroatoms. The van der Waals surface area contributed by atoms with Gasteiger partial charge in [-0.2, -0.15) is 0 Å². The first-order valence-corrected chi connectivity index (χ1v) is 9.19. The van der Waals surface area contributed by atoms with E-state index in [2.05, 4.69) is 0 Å². The van der Waals surface area contributed by atoms with Crippen LogP contribution in [0, 0.1) is 0 Å². The smallest absolute Gasteiger partial charge is 0.303 e. The molecule has 0 N–H and O–H groups in total. The average Bonchev–Trinajstić information content (AvgIpc) is 2.99. The van der Waals surface area contributed by atoms with Crippen LogP contribution in [-0.4, -0.2) is 47.6 Å². The van der Waals surface area contributed by atoms with Gasteiger partial charge in [-0.3, -0.25) is 24.2 Å². The van der Waals surface area contributed by atoms with Crippen LogP contribution in [0.2, 0.25) is 5.02 Å². The van der Waals surface area contributed by atoms with Crippen molar-refractivity contribution in [3.8, 4) is 0 Å². The van der Waals surface area contributed by atoms with E-state index >= 15 is 0 Å². The Balaban J connectivity index is 1.85. The van der Waals surface area contributed by atoms with Gasteiger partial charge in [-0.1, -0.05) is 41.9 Å². The zero-order valence-electron chi connectivity index (χ0n) is 15.7. The molecule has 0 unspecified atom stereocenters. The third kappa shape index (κ3) is 2.91. The average molecular weight is 410 g/mol. The maximum absolute atomic E-state index is 13.3. The van der Waals surface area contributed by atoms with E-state index in [0.717, 1.165) is 15.4 Å². The fourth-order valence-electron chi connectivity index (χ4n) is 3.49. The van der Waals surface area contributed by atoms with Gasteiger partial charge in [-0.25, -0.2) is 4.79 Å². The molecule has 0 radical (unpaired) electrons. The van der Waals surface area contributed by atoms with Gasteiger partial charge in [0.2, 0.25) is 0 Å². The van der Waals surface area contributed by atoms with Gasteiger partial charge in [0.05, 0.1) is 17.8 Å². The number of para-hydroxylation sites is 1. The van der Waals surface area contributed by atoms with E-state index in [1.54, 1.807) is 48.5 Å². The first kappa shape index (κ1) is 18.9. The van der Waals surface area contributed by atoms with Crippen molar-refractivity contribution in [1.82, 2.24) is 9.80 Å². The molecule has 2 aliphatic rings. The summed E-state index contributed by atoms with van der Waals surface area (Å²) in [6.07, 6.45) is 0. The van der Waals surface area contributed by atoms with E-state index in [1.807, 2.05) is 0 Å². The van der Waals surface area contributed by atoms with E-state index in [0.29, 0.717) is 16.3 Å². The lowest BCUT2D eigenvalue weighted by molar-refractivity contribution is -0.134. The number of amides is 5. The standard InChI is InChI=1S/C21H16ClN3O4/c1-23-18(26)17(19(27)24(2)21(23)29)16-14-5-3-4-6-15(14)25(20(16)28)11-12-7-9-13(22)10-8-12/h3-10H,11H2,1-2H3. The van der Waals surface area contributed by atoms with Crippen LogP contribution in [0.4, 0.5) is 10.5 Å². The minimum Gasteiger partial charge on any atom is -0.303 e. The van der Waals surface area contributed by atoms with Gasteiger partial charge in [0.15, 0.2) is 0 Å². The number of urea groups is 1. The summed E-state index contributed by atoms with van der Waals surface area (Å²) in [7, 11) is 2.57. The summed E-state index contributed by atoms with van der Waals surface area (Å²) < 4.78 is 0. The highest BCUT2D eigenvalue weighted by Gasteiger charge is 2.45. The van der Waals surface area contributed by atoms with Crippen molar-refractivity contribution in [3.05, 3.63) is 70.3 Å². The Labute approximate surface area is 171 Å². The number of barbiturate groups is 1. The topological polar surface area (TPSA) is 78.0 Å². The summed E-state index contributed by atoms with van der Waals surface area (Å²) in [6.45, 7) is 0.247. The Hall–Kier alpha value is -3.45. The predicted octanol–water partition coefficient (Wildman–Crippen LogP) is 2.69. The SMILES string of the molecule is CN1C(=O)C(=C2C(=O)N(Cc3ccc(Cl)cc3)c3ccccc32)C(=O)N(C)C1=O. The molecule has 146 valence electrons. The van der Waals surface area contributed by atoms with Gasteiger partial charge in [-0.15, -0.1) is 0 Å². The lowest BCUT2D eigenvalue weighted by Gasteiger charge is -2.29. The molecule has 0 atom stereocenters. The van der Waals surface area contributed by atoms with E-state index in [9.17, 15) is 19.2 Å². The van der Waals surface area contributed by atoms with Crippen LogP contribution < -0.4 is 4.90 Å². The van der Waals surface area contributed by atoms with E-state index in [4.69, 9.17) is 11.6 Å². The number of carbonyl (C=O) groups is 4. The monoisotopic (exact) mass is 409 g/mol. The molecule has 0 bridgehead atoms. The second-order valence-electron chi connectivity index (χ2n) is 6.80. The van der Waals surface area contributed by atoms with Gasteiger partial charge in [0.1, 0.15) is 5.57 Å². The molecular weight excluding hydrogens is 394 g/mol. The first-order chi connectivity index (χ1) is 13.8. The molecule has 7 nitrogen and oxygen atoms in total. The Morgan fingerprint density at radius 3 is 1.97 bits per heavy atom. The number of anilines is 1. The van der Waals surface area contributed by atoms with Crippen LogP contribution in [0.1, 0.15) is 11.1 Å². The molecule has 2 aliphatic heterocycles. The molecule has 1 saturated heterocycles. The van der Waals surface area contributed by atoms with Crippen LogP contribution in [0.25, 0.3) is 5.57 Å². The number of carbonyl (C=O) groups excluding carboxylic acids is 4. The maximum Gasteiger partial charge on any atom is 0.333 e. The van der Waals surface area contributed by atoms with Crippen molar-refractivity contribution >= 4 is 46.6 Å². The van der Waals surface area contributed by atoms with Crippen LogP contribution in [0.15, 0.2) is 54.1 Å². The lowest BCUT2D eigenvalue weighted by atomic mass is 9.98. The molecule has 5 amide bonds. The van der Waals surface area contributed by atoms with Gasteiger partial charge < -0.3 is 4.90 Å². The highest BCUT2D eigenvalue weighted by molar-refractivity contribution is 6.44. The van der Waals surface area contributed by atoms with Crippen molar-refractivity contribution < 1.29 is 19.2 Å². The fourth-order valence-corrected chi connectivity index (χ4v) is 3.62. The van der Waals surface area contributed by atoms with Crippen LogP contribution in [-0.2, 0) is 20.9 Å². The Morgan fingerprint density at radius 1 is 0.759 bits per heavy atom. The summed E-state index contributed by atoms with van der Waals surface area (Å²) >= 11 is 5.93. The normalized spacial score (nSPS) is 16.9. The van der Waals surface area contributed by atoms with Crippen LogP contribution in [0.3, 0.4) is 0 Å². The number of rotatable bonds is 2. The zero-order valence-corrected chi connectivity index (χ0v) is 16.4. The number of halogens is 1. The third-order valence-corrected chi connectivity index (χ3v) is 5.29. The van der Waals surface area contributed by atoms with Crippen molar-refractivity contribution in [3.63, 3.8) is 0 Å². The predicted molar refractivity (Wildman–Crippen MR) is 107 cm³/mol. The molecule has 0 saturated carbocycles. The Bertz CT molecular complexity index is 1080. The van der Waals surface area contributed by atoms with Gasteiger partial charge in [0.25, 0.3) is 17.7 Å². The second kappa shape index (κ2) is 6.86. The molecule has 2 aromatic rings. The minimum absolute atomic E-state index is 0.00997. The molecule has 4 rings (SSSR count). The van der Waals surface area contributed by atoms with E-state index in [-0.39, 0.29) is 17.7 Å². The number of fused-ring (bicyclic) bond motifs is 1. The molecule has 0 aliphatic carbocycles. The molecule has 2 aromatic carbocycles. The number of nitrogens with zero attached hydrogens (tertiary/aromatic N) is 3. The van der Waals surface area contributed by atoms with Crippen molar-refractivity contribution in [1.29, 1.82) is 0 Å². The zero-order chi connectivity index (χ0) is 20.9. The summed E-state index contributed by atoms with van der Waals surface area (Å²) in [5.74, 6) is -2.04. The third-order valence-electron chi connectivity index (χ3n) is 5.04. The van der Waals surface area contributed by atoms with E-state index in [1.165, 1.54) is 19.0 Å². The number of hydrogen-bond donors (Lipinski definition) is 0. The number of likely N-dealkylation sites (N-methyl/N-ethyl adjacent to an activating group) is 2. The molecule has 1 fully saturated rings. The highest BCUT2D eigenvalue weighted by Crippen LogP contribution is 2.40. The van der Waals surface area contributed by atoms with Crippen molar-refractivity contribution in [2.24, 2.45) is 0 Å². The number of benzene rings is 2. The molecule has 2 heterocycles. The molecular formula is C21H16ClN3O4. The summed E-state index contributed by atoms with van der Waals surface area (Å²) in [6, 6.07) is 13.3.